The van der Waals surface area contributed by atoms with Gasteiger partial charge in [0.2, 0.25) is 0 Å². The van der Waals surface area contributed by atoms with Crippen LogP contribution in [-0.2, 0) is 43.4 Å². The molecular weight excluding hydrogens is 402 g/mol. The zero-order valence-corrected chi connectivity index (χ0v) is 18.1. The second-order valence-corrected chi connectivity index (χ2v) is 6.71. The summed E-state index contributed by atoms with van der Waals surface area (Å²) in [7, 11) is 3.97. The summed E-state index contributed by atoms with van der Waals surface area (Å²) in [5, 5.41) is 0. The second kappa shape index (κ2) is 11.7. The molecule has 2 aromatic rings. The average molecular weight is 429 g/mol. The van der Waals surface area contributed by atoms with Crippen LogP contribution in [0, 0.1) is 6.92 Å². The molecule has 1 aromatic carbocycles. The molecule has 0 unspecified atom stereocenters. The molecular formula is C22H27N3O6. The van der Waals surface area contributed by atoms with Gasteiger partial charge in [-0.3, -0.25) is 4.79 Å². The van der Waals surface area contributed by atoms with Gasteiger partial charge in [-0.1, -0.05) is 30.3 Å². The topological polar surface area (TPSA) is 111 Å². The summed E-state index contributed by atoms with van der Waals surface area (Å²) in [6.45, 7) is 2.43. The number of aromatic amines is 1. The zero-order valence-electron chi connectivity index (χ0n) is 18.1. The molecule has 9 nitrogen and oxygen atoms in total. The van der Waals surface area contributed by atoms with Crippen LogP contribution in [-0.4, -0.2) is 54.7 Å². The zero-order chi connectivity index (χ0) is 22.8. The van der Waals surface area contributed by atoms with Crippen molar-refractivity contribution < 1.29 is 23.8 Å². The lowest BCUT2D eigenvalue weighted by atomic mass is 10.1. The van der Waals surface area contributed by atoms with Gasteiger partial charge in [0.05, 0.1) is 38.2 Å². The molecule has 1 N–H and O–H groups in total. The maximum atomic E-state index is 12.5. The SMILES string of the molecule is COCc1c(CCN(Cc2ccccc2)/C(=C/C(=O)OC)C(=O)OC)nc(C)[nH]c1=O. The van der Waals surface area contributed by atoms with Crippen molar-refractivity contribution in [1.29, 1.82) is 0 Å². The van der Waals surface area contributed by atoms with E-state index in [0.717, 1.165) is 11.6 Å². The standard InChI is InChI=1S/C22H27N3O6/c1-15-23-18(17(14-29-2)21(27)24-15)10-11-25(13-16-8-6-5-7-9-16)19(22(28)31-4)12-20(26)30-3/h5-9,12H,10-11,13-14H2,1-4H3,(H,23,24,27)/b19-12+. The Hall–Kier alpha value is -3.46. The molecule has 31 heavy (non-hydrogen) atoms. The molecule has 0 aliphatic carbocycles. The van der Waals surface area contributed by atoms with Crippen molar-refractivity contribution in [1.82, 2.24) is 14.9 Å². The van der Waals surface area contributed by atoms with Crippen molar-refractivity contribution in [2.45, 2.75) is 26.5 Å². The number of H-pyrrole nitrogens is 1. The summed E-state index contributed by atoms with van der Waals surface area (Å²) in [6.07, 6.45) is 1.44. The number of hydrogen-bond donors (Lipinski definition) is 1. The van der Waals surface area contributed by atoms with E-state index in [2.05, 4.69) is 9.97 Å². The molecule has 2 rings (SSSR count). The highest BCUT2D eigenvalue weighted by Gasteiger charge is 2.22. The number of nitrogens with one attached hydrogen (secondary N) is 1. The van der Waals surface area contributed by atoms with Crippen molar-refractivity contribution in [3.63, 3.8) is 0 Å². The summed E-state index contributed by atoms with van der Waals surface area (Å²) < 4.78 is 14.7. The highest BCUT2D eigenvalue weighted by Crippen LogP contribution is 2.15. The number of benzene rings is 1. The van der Waals surface area contributed by atoms with E-state index in [1.54, 1.807) is 11.8 Å². The molecule has 0 atom stereocenters. The van der Waals surface area contributed by atoms with Crippen LogP contribution in [0.2, 0.25) is 0 Å². The van der Waals surface area contributed by atoms with Crippen molar-refractivity contribution in [2.24, 2.45) is 0 Å². The molecule has 0 saturated carbocycles. The van der Waals surface area contributed by atoms with Crippen molar-refractivity contribution >= 4 is 11.9 Å². The molecule has 0 radical (unpaired) electrons. The number of aryl methyl sites for hydroxylation is 1. The first-order valence-electron chi connectivity index (χ1n) is 9.64. The Bertz CT molecular complexity index is 984. The summed E-state index contributed by atoms with van der Waals surface area (Å²) >= 11 is 0. The predicted molar refractivity (Wildman–Crippen MR) is 113 cm³/mol. The summed E-state index contributed by atoms with van der Waals surface area (Å²) in [4.78, 5) is 45.5. The van der Waals surface area contributed by atoms with E-state index in [1.807, 2.05) is 30.3 Å². The third-order valence-electron chi connectivity index (χ3n) is 4.53. The highest BCUT2D eigenvalue weighted by atomic mass is 16.5. The van der Waals surface area contributed by atoms with E-state index in [4.69, 9.17) is 14.2 Å². The summed E-state index contributed by atoms with van der Waals surface area (Å²) in [5.41, 5.74) is 1.69. The minimum absolute atomic E-state index is 0.0491. The van der Waals surface area contributed by atoms with Crippen LogP contribution in [0.25, 0.3) is 0 Å². The van der Waals surface area contributed by atoms with E-state index < -0.39 is 11.9 Å². The molecule has 0 fully saturated rings. The van der Waals surface area contributed by atoms with Gasteiger partial charge in [0.15, 0.2) is 0 Å². The van der Waals surface area contributed by atoms with E-state index in [9.17, 15) is 14.4 Å². The van der Waals surface area contributed by atoms with Crippen LogP contribution < -0.4 is 5.56 Å². The minimum atomic E-state index is -0.677. The van der Waals surface area contributed by atoms with Crippen LogP contribution in [0.4, 0.5) is 0 Å². The molecule has 1 aromatic heterocycles. The van der Waals surface area contributed by atoms with Gasteiger partial charge in [-0.2, -0.15) is 0 Å². The Morgan fingerprint density at radius 3 is 2.45 bits per heavy atom. The number of ether oxygens (including phenoxy) is 3. The van der Waals surface area contributed by atoms with E-state index in [0.29, 0.717) is 36.6 Å². The van der Waals surface area contributed by atoms with Crippen LogP contribution in [0.1, 0.15) is 22.6 Å². The Labute approximate surface area is 180 Å². The van der Waals surface area contributed by atoms with Gasteiger partial charge in [0.1, 0.15) is 11.5 Å². The van der Waals surface area contributed by atoms with Crippen LogP contribution in [0.5, 0.6) is 0 Å². The smallest absolute Gasteiger partial charge is 0.354 e. The molecule has 0 aliphatic heterocycles. The van der Waals surface area contributed by atoms with Gasteiger partial charge in [-0.05, 0) is 12.5 Å². The first kappa shape index (κ1) is 23.8. The number of carbonyl (C=O) groups is 2. The molecule has 0 bridgehead atoms. The number of methoxy groups -OCH3 is 3. The van der Waals surface area contributed by atoms with Gasteiger partial charge in [0.25, 0.3) is 5.56 Å². The van der Waals surface area contributed by atoms with Crippen molar-refractivity contribution in [3.8, 4) is 0 Å². The fraction of sp³-hybridized carbons (Fsp3) is 0.364. The lowest BCUT2D eigenvalue weighted by molar-refractivity contribution is -0.140. The predicted octanol–water partition coefficient (Wildman–Crippen LogP) is 1.50. The molecule has 0 aliphatic rings. The molecule has 9 heteroatoms. The van der Waals surface area contributed by atoms with Gasteiger partial charge in [-0.15, -0.1) is 0 Å². The number of aromatic nitrogens is 2. The largest absolute Gasteiger partial charge is 0.466 e. The van der Waals surface area contributed by atoms with E-state index in [1.165, 1.54) is 21.3 Å². The number of rotatable bonds is 10. The first-order valence-corrected chi connectivity index (χ1v) is 9.64. The molecule has 0 saturated heterocycles. The number of nitrogens with zero attached hydrogens (tertiary/aromatic N) is 2. The van der Waals surface area contributed by atoms with Crippen LogP contribution in [0.3, 0.4) is 0 Å². The fourth-order valence-electron chi connectivity index (χ4n) is 3.05. The van der Waals surface area contributed by atoms with Crippen molar-refractivity contribution in [3.05, 3.63) is 75.1 Å². The normalized spacial score (nSPS) is 11.2. The minimum Gasteiger partial charge on any atom is -0.466 e. The van der Waals surface area contributed by atoms with Gasteiger partial charge in [0, 0.05) is 26.6 Å². The Balaban J connectivity index is 2.41. The van der Waals surface area contributed by atoms with Crippen LogP contribution in [0.15, 0.2) is 46.9 Å². The quantitative estimate of drug-likeness (QED) is 0.447. The van der Waals surface area contributed by atoms with Crippen LogP contribution >= 0.6 is 0 Å². The Kier molecular flexibility index (Phi) is 8.95. The van der Waals surface area contributed by atoms with Crippen molar-refractivity contribution in [2.75, 3.05) is 27.9 Å². The number of hydrogen-bond acceptors (Lipinski definition) is 8. The number of esters is 2. The van der Waals surface area contributed by atoms with Gasteiger partial charge < -0.3 is 24.1 Å². The van der Waals surface area contributed by atoms with Gasteiger partial charge >= 0.3 is 11.9 Å². The first-order chi connectivity index (χ1) is 14.9. The third-order valence-corrected chi connectivity index (χ3v) is 4.53. The maximum Gasteiger partial charge on any atom is 0.354 e. The lowest BCUT2D eigenvalue weighted by Crippen LogP contribution is -2.32. The molecule has 0 amide bonds. The van der Waals surface area contributed by atoms with E-state index >= 15 is 0 Å². The maximum absolute atomic E-state index is 12.5. The number of carbonyl (C=O) groups excluding carboxylic acids is 2. The second-order valence-electron chi connectivity index (χ2n) is 6.71. The lowest BCUT2D eigenvalue weighted by Gasteiger charge is -2.26. The van der Waals surface area contributed by atoms with Gasteiger partial charge in [-0.25, -0.2) is 14.6 Å². The third kappa shape index (κ3) is 6.78. The fourth-order valence-corrected chi connectivity index (χ4v) is 3.05. The van der Waals surface area contributed by atoms with E-state index in [-0.39, 0.29) is 17.9 Å². The monoisotopic (exact) mass is 429 g/mol. The Morgan fingerprint density at radius 1 is 1.13 bits per heavy atom. The molecule has 0 spiro atoms. The molecule has 1 heterocycles. The highest BCUT2D eigenvalue weighted by molar-refractivity contribution is 5.95. The molecule has 166 valence electrons. The summed E-state index contributed by atoms with van der Waals surface area (Å²) in [6, 6.07) is 9.47. The Morgan fingerprint density at radius 2 is 1.84 bits per heavy atom. The average Bonchev–Trinajstić information content (AvgIpc) is 2.77. The summed E-state index contributed by atoms with van der Waals surface area (Å²) in [5.74, 6) is -0.870.